The first-order chi connectivity index (χ1) is 8.93. The second-order valence-corrected chi connectivity index (χ2v) is 4.31. The van der Waals surface area contributed by atoms with Crippen molar-refractivity contribution in [2.75, 3.05) is 30.5 Å². The molecule has 0 bridgehead atoms. The number of nitrogens with zero attached hydrogens (tertiary/aromatic N) is 3. The average Bonchev–Trinajstić information content (AvgIpc) is 2.37. The van der Waals surface area contributed by atoms with Crippen LogP contribution in [0.1, 0.15) is 13.8 Å². The summed E-state index contributed by atoms with van der Waals surface area (Å²) in [7, 11) is 1.79. The van der Waals surface area contributed by atoms with Gasteiger partial charge in [-0.3, -0.25) is 10.1 Å². The number of rotatable bonds is 7. The van der Waals surface area contributed by atoms with Crippen molar-refractivity contribution >= 4 is 17.3 Å². The van der Waals surface area contributed by atoms with E-state index in [4.69, 9.17) is 10.6 Å². The minimum absolute atomic E-state index is 0.0606. The van der Waals surface area contributed by atoms with Crippen molar-refractivity contribution in [3.05, 3.63) is 22.2 Å². The summed E-state index contributed by atoms with van der Waals surface area (Å²) >= 11 is 0. The van der Waals surface area contributed by atoms with Crippen molar-refractivity contribution in [1.29, 1.82) is 0 Å². The minimum Gasteiger partial charge on any atom is -0.377 e. The number of nitrogens with one attached hydrogen (secondary N) is 1. The van der Waals surface area contributed by atoms with E-state index in [-0.39, 0.29) is 17.6 Å². The number of nitro groups is 1. The van der Waals surface area contributed by atoms with Gasteiger partial charge in [0.1, 0.15) is 11.6 Å². The normalized spacial score (nSPS) is 10.6. The zero-order chi connectivity index (χ0) is 14.4. The quantitative estimate of drug-likeness (QED) is 0.434. The van der Waals surface area contributed by atoms with Crippen LogP contribution in [0.5, 0.6) is 0 Å². The molecular weight excluding hydrogens is 250 g/mol. The molecule has 8 heteroatoms. The van der Waals surface area contributed by atoms with Crippen LogP contribution < -0.4 is 16.2 Å². The number of hydrazine groups is 1. The lowest BCUT2D eigenvalue weighted by Crippen LogP contribution is -2.25. The summed E-state index contributed by atoms with van der Waals surface area (Å²) in [5.74, 6) is 5.97. The van der Waals surface area contributed by atoms with Crippen molar-refractivity contribution < 1.29 is 9.66 Å². The maximum absolute atomic E-state index is 10.8. The number of hydrogen-bond acceptors (Lipinski definition) is 7. The lowest BCUT2D eigenvalue weighted by atomic mass is 10.3. The van der Waals surface area contributed by atoms with Gasteiger partial charge in [-0.1, -0.05) is 0 Å². The third-order valence-corrected chi connectivity index (χ3v) is 2.42. The maximum Gasteiger partial charge on any atom is 0.276 e. The molecule has 0 aromatic carbocycles. The number of nitrogens with two attached hydrogens (primary N) is 1. The Kier molecular flexibility index (Phi) is 5.46. The van der Waals surface area contributed by atoms with Gasteiger partial charge in [0.05, 0.1) is 29.8 Å². The van der Waals surface area contributed by atoms with E-state index in [1.165, 1.54) is 12.1 Å². The van der Waals surface area contributed by atoms with Crippen LogP contribution in [0.25, 0.3) is 0 Å². The molecular formula is C11H19N5O3. The van der Waals surface area contributed by atoms with E-state index in [9.17, 15) is 10.1 Å². The Labute approximate surface area is 111 Å². The molecule has 1 aromatic rings. The fraction of sp³-hybridized carbons (Fsp3) is 0.545. The maximum atomic E-state index is 10.8. The molecule has 1 heterocycles. The number of pyridine rings is 1. The number of nitrogen functional groups attached to an aromatic ring is 1. The summed E-state index contributed by atoms with van der Waals surface area (Å²) in [6, 6.07) is 2.68. The number of aromatic nitrogens is 1. The van der Waals surface area contributed by atoms with Gasteiger partial charge in [-0.25, -0.2) is 10.8 Å². The standard InChI is InChI=1S/C11H19N5O3/c1-8(2)19-5-4-15(3)11-7-9(16(17)18)6-10(13-11)14-12/h6-8H,4-5,12H2,1-3H3,(H,13,14). The zero-order valence-corrected chi connectivity index (χ0v) is 11.3. The molecule has 0 atom stereocenters. The van der Waals surface area contributed by atoms with Crippen LogP contribution >= 0.6 is 0 Å². The highest BCUT2D eigenvalue weighted by Gasteiger charge is 2.13. The molecule has 0 spiro atoms. The molecule has 19 heavy (non-hydrogen) atoms. The fourth-order valence-electron chi connectivity index (χ4n) is 1.42. The first-order valence-electron chi connectivity index (χ1n) is 5.90. The van der Waals surface area contributed by atoms with Crippen LogP contribution in [-0.2, 0) is 4.74 Å². The molecule has 0 fully saturated rings. The highest BCUT2D eigenvalue weighted by Crippen LogP contribution is 2.22. The SMILES string of the molecule is CC(C)OCCN(C)c1cc([N+](=O)[O-])cc(NN)n1. The molecule has 0 saturated heterocycles. The van der Waals surface area contributed by atoms with Crippen LogP contribution in [0.2, 0.25) is 0 Å². The highest BCUT2D eigenvalue weighted by molar-refractivity contribution is 5.55. The van der Waals surface area contributed by atoms with Crippen molar-refractivity contribution in [2.45, 2.75) is 20.0 Å². The summed E-state index contributed by atoms with van der Waals surface area (Å²) in [6.07, 6.45) is 0.146. The molecule has 106 valence electrons. The van der Waals surface area contributed by atoms with Crippen molar-refractivity contribution in [3.8, 4) is 0 Å². The van der Waals surface area contributed by atoms with E-state index in [1.54, 1.807) is 11.9 Å². The minimum atomic E-state index is -0.482. The molecule has 0 aliphatic carbocycles. The second kappa shape index (κ2) is 6.86. The molecule has 8 nitrogen and oxygen atoms in total. The Morgan fingerprint density at radius 3 is 2.79 bits per heavy atom. The first-order valence-corrected chi connectivity index (χ1v) is 5.90. The summed E-state index contributed by atoms with van der Waals surface area (Å²) in [6.45, 7) is 4.99. The molecule has 0 saturated carbocycles. The summed E-state index contributed by atoms with van der Waals surface area (Å²) in [5.41, 5.74) is 2.26. The summed E-state index contributed by atoms with van der Waals surface area (Å²) in [5, 5.41) is 10.8. The van der Waals surface area contributed by atoms with Crippen LogP contribution in [-0.4, -0.2) is 36.2 Å². The van der Waals surface area contributed by atoms with Gasteiger partial charge in [0.2, 0.25) is 0 Å². The molecule has 1 rings (SSSR count). The van der Waals surface area contributed by atoms with Crippen molar-refractivity contribution in [2.24, 2.45) is 5.84 Å². The lowest BCUT2D eigenvalue weighted by Gasteiger charge is -2.19. The summed E-state index contributed by atoms with van der Waals surface area (Å²) in [4.78, 5) is 16.3. The Morgan fingerprint density at radius 1 is 1.58 bits per heavy atom. The van der Waals surface area contributed by atoms with E-state index < -0.39 is 4.92 Å². The molecule has 3 N–H and O–H groups in total. The van der Waals surface area contributed by atoms with E-state index in [1.807, 2.05) is 13.8 Å². The smallest absolute Gasteiger partial charge is 0.276 e. The van der Waals surface area contributed by atoms with Gasteiger partial charge in [-0.2, -0.15) is 0 Å². The molecule has 0 radical (unpaired) electrons. The molecule has 0 unspecified atom stereocenters. The van der Waals surface area contributed by atoms with Crippen LogP contribution in [0, 0.1) is 10.1 Å². The lowest BCUT2D eigenvalue weighted by molar-refractivity contribution is -0.384. The van der Waals surface area contributed by atoms with Crippen molar-refractivity contribution in [3.63, 3.8) is 0 Å². The van der Waals surface area contributed by atoms with E-state index in [0.29, 0.717) is 19.0 Å². The van der Waals surface area contributed by atoms with Crippen molar-refractivity contribution in [1.82, 2.24) is 4.98 Å². The monoisotopic (exact) mass is 269 g/mol. The van der Waals surface area contributed by atoms with Gasteiger partial charge in [0, 0.05) is 13.6 Å². The van der Waals surface area contributed by atoms with Crippen LogP contribution in [0.15, 0.2) is 12.1 Å². The number of likely N-dealkylation sites (N-methyl/N-ethyl adjacent to an activating group) is 1. The van der Waals surface area contributed by atoms with E-state index in [0.717, 1.165) is 0 Å². The topological polar surface area (TPSA) is 107 Å². The van der Waals surface area contributed by atoms with Gasteiger partial charge < -0.3 is 15.1 Å². The van der Waals surface area contributed by atoms with Crippen LogP contribution in [0.4, 0.5) is 17.3 Å². The van der Waals surface area contributed by atoms with Gasteiger partial charge >= 0.3 is 0 Å². The second-order valence-electron chi connectivity index (χ2n) is 4.31. The molecule has 0 aliphatic heterocycles. The molecule has 1 aromatic heterocycles. The van der Waals surface area contributed by atoms with Gasteiger partial charge in [0.25, 0.3) is 5.69 Å². The summed E-state index contributed by atoms with van der Waals surface area (Å²) < 4.78 is 5.42. The Balaban J connectivity index is 2.80. The number of ether oxygens (including phenoxy) is 1. The van der Waals surface area contributed by atoms with Crippen LogP contribution in [0.3, 0.4) is 0 Å². The highest BCUT2D eigenvalue weighted by atomic mass is 16.6. The van der Waals surface area contributed by atoms with E-state index in [2.05, 4.69) is 10.4 Å². The third kappa shape index (κ3) is 4.68. The van der Waals surface area contributed by atoms with E-state index >= 15 is 0 Å². The number of hydrogen-bond donors (Lipinski definition) is 2. The fourth-order valence-corrected chi connectivity index (χ4v) is 1.42. The Bertz CT molecular complexity index is 438. The first kappa shape index (κ1) is 15.1. The third-order valence-electron chi connectivity index (χ3n) is 2.42. The molecule has 0 amide bonds. The Hall–Kier alpha value is -1.93. The van der Waals surface area contributed by atoms with Gasteiger partial charge in [0.15, 0.2) is 0 Å². The zero-order valence-electron chi connectivity index (χ0n) is 11.3. The molecule has 0 aliphatic rings. The Morgan fingerprint density at radius 2 is 2.26 bits per heavy atom. The van der Waals surface area contributed by atoms with Gasteiger partial charge in [-0.05, 0) is 13.8 Å². The predicted octanol–water partition coefficient (Wildman–Crippen LogP) is 1.14. The number of anilines is 2. The largest absolute Gasteiger partial charge is 0.377 e. The predicted molar refractivity (Wildman–Crippen MR) is 73.1 cm³/mol. The average molecular weight is 269 g/mol. The van der Waals surface area contributed by atoms with Gasteiger partial charge in [-0.15, -0.1) is 0 Å².